The molecule has 2 unspecified atom stereocenters. The standard InChI is InChI=1S/C20H26N2/c1-4-22-20-8-7-17-10-14(2)15(3)11-18(17)19(20)12-16-6-5-9-21-13-16/h5-6,9-11,13,19-20,22H,4,7-8,12H2,1-3H3. The molecule has 2 atom stereocenters. The van der Waals surface area contributed by atoms with Crippen molar-refractivity contribution in [2.75, 3.05) is 6.54 Å². The van der Waals surface area contributed by atoms with Crippen LogP contribution in [-0.2, 0) is 12.8 Å². The minimum Gasteiger partial charge on any atom is -0.314 e. The average molecular weight is 294 g/mol. The van der Waals surface area contributed by atoms with Gasteiger partial charge >= 0.3 is 0 Å². The van der Waals surface area contributed by atoms with Crippen LogP contribution in [0.3, 0.4) is 0 Å². The molecule has 2 aromatic rings. The topological polar surface area (TPSA) is 24.9 Å². The van der Waals surface area contributed by atoms with Gasteiger partial charge in [0.15, 0.2) is 0 Å². The Morgan fingerprint density at radius 2 is 2.05 bits per heavy atom. The Balaban J connectivity index is 1.97. The minimum absolute atomic E-state index is 0.548. The van der Waals surface area contributed by atoms with Crippen LogP contribution in [-0.4, -0.2) is 17.6 Å². The van der Waals surface area contributed by atoms with E-state index in [4.69, 9.17) is 0 Å². The molecule has 2 nitrogen and oxygen atoms in total. The average Bonchev–Trinajstić information content (AvgIpc) is 2.53. The first-order chi connectivity index (χ1) is 10.7. The lowest BCUT2D eigenvalue weighted by Crippen LogP contribution is -2.39. The zero-order valence-corrected chi connectivity index (χ0v) is 13.9. The molecule has 116 valence electrons. The summed E-state index contributed by atoms with van der Waals surface area (Å²) >= 11 is 0. The molecule has 0 bridgehead atoms. The number of aryl methyl sites for hydroxylation is 3. The molecule has 3 rings (SSSR count). The second-order valence-electron chi connectivity index (χ2n) is 6.51. The fourth-order valence-electron chi connectivity index (χ4n) is 3.72. The molecule has 22 heavy (non-hydrogen) atoms. The number of rotatable bonds is 4. The second-order valence-corrected chi connectivity index (χ2v) is 6.51. The summed E-state index contributed by atoms with van der Waals surface area (Å²) in [5.74, 6) is 0.548. The van der Waals surface area contributed by atoms with Crippen LogP contribution in [0.1, 0.15) is 47.1 Å². The van der Waals surface area contributed by atoms with Crippen molar-refractivity contribution in [2.45, 2.75) is 52.0 Å². The highest BCUT2D eigenvalue weighted by molar-refractivity contribution is 5.42. The summed E-state index contributed by atoms with van der Waals surface area (Å²) in [4.78, 5) is 4.29. The fraction of sp³-hybridized carbons (Fsp3) is 0.450. The molecule has 1 aromatic carbocycles. The van der Waals surface area contributed by atoms with E-state index in [1.54, 1.807) is 11.1 Å². The van der Waals surface area contributed by atoms with Gasteiger partial charge in [-0.3, -0.25) is 4.98 Å². The highest BCUT2D eigenvalue weighted by Gasteiger charge is 2.29. The van der Waals surface area contributed by atoms with Crippen molar-refractivity contribution in [3.8, 4) is 0 Å². The summed E-state index contributed by atoms with van der Waals surface area (Å²) < 4.78 is 0. The summed E-state index contributed by atoms with van der Waals surface area (Å²) in [5, 5.41) is 3.71. The first kappa shape index (κ1) is 15.2. The number of nitrogens with one attached hydrogen (secondary N) is 1. The molecule has 0 fully saturated rings. The van der Waals surface area contributed by atoms with Gasteiger partial charge in [-0.1, -0.05) is 25.1 Å². The summed E-state index contributed by atoms with van der Waals surface area (Å²) in [7, 11) is 0. The smallest absolute Gasteiger partial charge is 0.0300 e. The van der Waals surface area contributed by atoms with Crippen molar-refractivity contribution in [2.24, 2.45) is 0 Å². The third-order valence-corrected chi connectivity index (χ3v) is 5.01. The number of benzene rings is 1. The van der Waals surface area contributed by atoms with Gasteiger partial charge in [-0.15, -0.1) is 0 Å². The van der Waals surface area contributed by atoms with Crippen LogP contribution in [0, 0.1) is 13.8 Å². The lowest BCUT2D eigenvalue weighted by molar-refractivity contribution is 0.391. The van der Waals surface area contributed by atoms with Crippen molar-refractivity contribution in [1.82, 2.24) is 10.3 Å². The molecule has 0 amide bonds. The van der Waals surface area contributed by atoms with Crippen LogP contribution in [0.5, 0.6) is 0 Å². The molecular formula is C20H26N2. The van der Waals surface area contributed by atoms with Gasteiger partial charge in [-0.2, -0.15) is 0 Å². The third-order valence-electron chi connectivity index (χ3n) is 5.01. The van der Waals surface area contributed by atoms with Crippen molar-refractivity contribution in [3.63, 3.8) is 0 Å². The van der Waals surface area contributed by atoms with E-state index in [1.807, 2.05) is 18.5 Å². The van der Waals surface area contributed by atoms with E-state index in [2.05, 4.69) is 49.3 Å². The molecule has 1 aromatic heterocycles. The number of aromatic nitrogens is 1. The summed E-state index contributed by atoms with van der Waals surface area (Å²) in [6.45, 7) is 7.70. The Kier molecular flexibility index (Phi) is 4.58. The molecule has 1 N–H and O–H groups in total. The number of hydrogen-bond acceptors (Lipinski definition) is 2. The maximum absolute atomic E-state index is 4.29. The molecule has 1 aliphatic rings. The van der Waals surface area contributed by atoms with Crippen LogP contribution in [0.2, 0.25) is 0 Å². The van der Waals surface area contributed by atoms with Gasteiger partial charge < -0.3 is 5.32 Å². The summed E-state index contributed by atoms with van der Waals surface area (Å²) in [6, 6.07) is 9.64. The number of likely N-dealkylation sites (N-methyl/N-ethyl adjacent to an activating group) is 1. The van der Waals surface area contributed by atoms with E-state index in [1.165, 1.54) is 29.5 Å². The summed E-state index contributed by atoms with van der Waals surface area (Å²) in [5.41, 5.74) is 7.25. The predicted molar refractivity (Wildman–Crippen MR) is 92.4 cm³/mol. The Hall–Kier alpha value is -1.67. The summed E-state index contributed by atoms with van der Waals surface area (Å²) in [6.07, 6.45) is 7.36. The van der Waals surface area contributed by atoms with E-state index in [9.17, 15) is 0 Å². The van der Waals surface area contributed by atoms with E-state index in [0.717, 1.165) is 13.0 Å². The van der Waals surface area contributed by atoms with Gasteiger partial charge in [0.2, 0.25) is 0 Å². The van der Waals surface area contributed by atoms with Crippen LogP contribution in [0.25, 0.3) is 0 Å². The molecule has 0 aliphatic heterocycles. The van der Waals surface area contributed by atoms with Crippen LogP contribution < -0.4 is 5.32 Å². The Morgan fingerprint density at radius 1 is 1.23 bits per heavy atom. The van der Waals surface area contributed by atoms with E-state index in [0.29, 0.717) is 12.0 Å². The fourth-order valence-corrected chi connectivity index (χ4v) is 3.72. The van der Waals surface area contributed by atoms with Gasteiger partial charge in [-0.25, -0.2) is 0 Å². The van der Waals surface area contributed by atoms with Crippen LogP contribution in [0.15, 0.2) is 36.7 Å². The van der Waals surface area contributed by atoms with Crippen molar-refractivity contribution in [3.05, 3.63) is 64.5 Å². The quantitative estimate of drug-likeness (QED) is 0.923. The molecule has 1 aliphatic carbocycles. The maximum atomic E-state index is 4.29. The normalized spacial score (nSPS) is 20.7. The lowest BCUT2D eigenvalue weighted by atomic mass is 9.75. The molecule has 2 heteroatoms. The predicted octanol–water partition coefficient (Wildman–Crippen LogP) is 3.95. The first-order valence-electron chi connectivity index (χ1n) is 8.41. The van der Waals surface area contributed by atoms with E-state index in [-0.39, 0.29) is 0 Å². The van der Waals surface area contributed by atoms with Gasteiger partial charge in [-0.05, 0) is 73.5 Å². The SMILES string of the molecule is CCNC1CCc2cc(C)c(C)cc2C1Cc1cccnc1. The van der Waals surface area contributed by atoms with E-state index < -0.39 is 0 Å². The Morgan fingerprint density at radius 3 is 2.77 bits per heavy atom. The second kappa shape index (κ2) is 6.62. The first-order valence-corrected chi connectivity index (χ1v) is 8.41. The molecule has 0 saturated carbocycles. The van der Waals surface area contributed by atoms with Gasteiger partial charge in [0.05, 0.1) is 0 Å². The third kappa shape index (κ3) is 3.07. The maximum Gasteiger partial charge on any atom is 0.0300 e. The Labute approximate surface area is 134 Å². The van der Waals surface area contributed by atoms with Crippen molar-refractivity contribution in [1.29, 1.82) is 0 Å². The Bertz CT molecular complexity index is 634. The molecule has 0 spiro atoms. The number of hydrogen-bond donors (Lipinski definition) is 1. The van der Waals surface area contributed by atoms with Crippen LogP contribution in [0.4, 0.5) is 0 Å². The van der Waals surface area contributed by atoms with Gasteiger partial charge in [0.25, 0.3) is 0 Å². The van der Waals surface area contributed by atoms with Gasteiger partial charge in [0, 0.05) is 24.4 Å². The van der Waals surface area contributed by atoms with E-state index >= 15 is 0 Å². The molecular weight excluding hydrogens is 268 g/mol. The largest absolute Gasteiger partial charge is 0.314 e. The minimum atomic E-state index is 0.548. The lowest BCUT2D eigenvalue weighted by Gasteiger charge is -2.35. The zero-order chi connectivity index (χ0) is 15.5. The van der Waals surface area contributed by atoms with Crippen molar-refractivity contribution < 1.29 is 0 Å². The number of fused-ring (bicyclic) bond motifs is 1. The van der Waals surface area contributed by atoms with Crippen LogP contribution >= 0.6 is 0 Å². The molecule has 0 saturated heterocycles. The molecule has 0 radical (unpaired) electrons. The molecule has 1 heterocycles. The van der Waals surface area contributed by atoms with Gasteiger partial charge in [0.1, 0.15) is 0 Å². The number of pyridine rings is 1. The highest BCUT2D eigenvalue weighted by Crippen LogP contribution is 2.36. The number of nitrogens with zero attached hydrogens (tertiary/aromatic N) is 1. The zero-order valence-electron chi connectivity index (χ0n) is 13.9. The highest BCUT2D eigenvalue weighted by atomic mass is 14.9. The monoisotopic (exact) mass is 294 g/mol. The van der Waals surface area contributed by atoms with Crippen molar-refractivity contribution >= 4 is 0 Å².